The van der Waals surface area contributed by atoms with Crippen molar-refractivity contribution in [1.82, 2.24) is 4.98 Å². The first kappa shape index (κ1) is 12.8. The number of fused-ring (bicyclic) bond motifs is 1. The van der Waals surface area contributed by atoms with Gasteiger partial charge in [0.25, 0.3) is 0 Å². The van der Waals surface area contributed by atoms with Crippen molar-refractivity contribution in [2.75, 3.05) is 0 Å². The van der Waals surface area contributed by atoms with Crippen LogP contribution in [0.5, 0.6) is 0 Å². The minimum atomic E-state index is -1.00. The zero-order chi connectivity index (χ0) is 14.8. The van der Waals surface area contributed by atoms with Gasteiger partial charge in [-0.3, -0.25) is 4.98 Å². The van der Waals surface area contributed by atoms with Crippen LogP contribution in [0.1, 0.15) is 15.9 Å². The van der Waals surface area contributed by atoms with Crippen LogP contribution >= 0.6 is 0 Å². The lowest BCUT2D eigenvalue weighted by Crippen LogP contribution is -1.97. The van der Waals surface area contributed by atoms with E-state index in [1.807, 2.05) is 24.3 Å². The Labute approximate surface area is 120 Å². The van der Waals surface area contributed by atoms with E-state index < -0.39 is 5.97 Å². The van der Waals surface area contributed by atoms with Crippen molar-refractivity contribution in [1.29, 1.82) is 5.26 Å². The first-order valence-corrected chi connectivity index (χ1v) is 6.31. The Balaban J connectivity index is 2.31. The third-order valence-electron chi connectivity index (χ3n) is 3.27. The molecule has 21 heavy (non-hydrogen) atoms. The Morgan fingerprint density at radius 3 is 2.71 bits per heavy atom. The van der Waals surface area contributed by atoms with Gasteiger partial charge in [0.15, 0.2) is 0 Å². The lowest BCUT2D eigenvalue weighted by atomic mass is 9.98. The van der Waals surface area contributed by atoms with E-state index in [9.17, 15) is 4.79 Å². The standard InChI is InChI=1S/C17H10N2O2/c18-10-11-7-12-3-1-2-4-14(12)15(8-11)16-9-13(17(20)21)5-6-19-16/h1-9H,(H,20,21). The summed E-state index contributed by atoms with van der Waals surface area (Å²) in [6.45, 7) is 0. The number of rotatable bonds is 2. The smallest absolute Gasteiger partial charge is 0.335 e. The van der Waals surface area contributed by atoms with E-state index in [0.29, 0.717) is 11.3 Å². The molecular weight excluding hydrogens is 264 g/mol. The average molecular weight is 274 g/mol. The fourth-order valence-electron chi connectivity index (χ4n) is 2.30. The summed E-state index contributed by atoms with van der Waals surface area (Å²) in [6.07, 6.45) is 1.46. The molecule has 4 heteroatoms. The second-order valence-electron chi connectivity index (χ2n) is 4.59. The number of hydrogen-bond acceptors (Lipinski definition) is 3. The Hall–Kier alpha value is -3.19. The summed E-state index contributed by atoms with van der Waals surface area (Å²) >= 11 is 0. The van der Waals surface area contributed by atoms with E-state index in [1.165, 1.54) is 18.3 Å². The van der Waals surface area contributed by atoms with Crippen molar-refractivity contribution in [3.05, 3.63) is 65.9 Å². The summed E-state index contributed by atoms with van der Waals surface area (Å²) in [4.78, 5) is 15.3. The Bertz CT molecular complexity index is 895. The highest BCUT2D eigenvalue weighted by Crippen LogP contribution is 2.29. The van der Waals surface area contributed by atoms with Crippen LogP contribution < -0.4 is 0 Å². The molecular formula is C17H10N2O2. The maximum absolute atomic E-state index is 11.1. The zero-order valence-electron chi connectivity index (χ0n) is 10.9. The minimum absolute atomic E-state index is 0.173. The molecule has 1 heterocycles. The second kappa shape index (κ2) is 5.06. The van der Waals surface area contributed by atoms with Crippen molar-refractivity contribution < 1.29 is 9.90 Å². The first-order valence-electron chi connectivity index (χ1n) is 6.31. The van der Waals surface area contributed by atoms with Crippen molar-refractivity contribution >= 4 is 16.7 Å². The fraction of sp³-hybridized carbons (Fsp3) is 0. The summed E-state index contributed by atoms with van der Waals surface area (Å²) in [7, 11) is 0. The highest BCUT2D eigenvalue weighted by Gasteiger charge is 2.10. The molecule has 1 aromatic heterocycles. The number of carboxylic acids is 1. The van der Waals surface area contributed by atoms with E-state index in [0.717, 1.165) is 16.3 Å². The highest BCUT2D eigenvalue weighted by molar-refractivity contribution is 5.98. The third-order valence-corrected chi connectivity index (χ3v) is 3.27. The number of nitriles is 1. The number of pyridine rings is 1. The van der Waals surface area contributed by atoms with Crippen LogP contribution in [0.2, 0.25) is 0 Å². The van der Waals surface area contributed by atoms with Crippen LogP contribution in [0.25, 0.3) is 22.0 Å². The fourth-order valence-corrected chi connectivity index (χ4v) is 2.30. The molecule has 0 spiro atoms. The third kappa shape index (κ3) is 2.33. The molecule has 0 aliphatic heterocycles. The van der Waals surface area contributed by atoms with Gasteiger partial charge < -0.3 is 5.11 Å². The van der Waals surface area contributed by atoms with Gasteiger partial charge in [-0.1, -0.05) is 24.3 Å². The molecule has 0 aliphatic carbocycles. The molecule has 4 nitrogen and oxygen atoms in total. The summed E-state index contributed by atoms with van der Waals surface area (Å²) in [5, 5.41) is 20.1. The van der Waals surface area contributed by atoms with Crippen LogP contribution in [0.3, 0.4) is 0 Å². The number of benzene rings is 2. The topological polar surface area (TPSA) is 74.0 Å². The monoisotopic (exact) mass is 274 g/mol. The molecule has 2 aromatic carbocycles. The van der Waals surface area contributed by atoms with Gasteiger partial charge in [-0.25, -0.2) is 4.79 Å². The second-order valence-corrected chi connectivity index (χ2v) is 4.59. The Morgan fingerprint density at radius 2 is 1.95 bits per heavy atom. The number of carboxylic acid groups (broad SMARTS) is 1. The van der Waals surface area contributed by atoms with Crippen molar-refractivity contribution in [2.45, 2.75) is 0 Å². The minimum Gasteiger partial charge on any atom is -0.478 e. The summed E-state index contributed by atoms with van der Waals surface area (Å²) in [5.41, 5.74) is 1.99. The summed E-state index contributed by atoms with van der Waals surface area (Å²) in [6, 6.07) is 16.3. The maximum atomic E-state index is 11.1. The number of aromatic carboxylic acids is 1. The van der Waals surface area contributed by atoms with Crippen LogP contribution in [0.4, 0.5) is 0 Å². The zero-order valence-corrected chi connectivity index (χ0v) is 10.9. The number of nitrogens with zero attached hydrogens (tertiary/aromatic N) is 2. The molecule has 0 bridgehead atoms. The normalized spacial score (nSPS) is 10.2. The van der Waals surface area contributed by atoms with Crippen molar-refractivity contribution in [3.8, 4) is 17.3 Å². The van der Waals surface area contributed by atoms with E-state index >= 15 is 0 Å². The van der Waals surface area contributed by atoms with Crippen LogP contribution in [0, 0.1) is 11.3 Å². The van der Waals surface area contributed by atoms with Crippen molar-refractivity contribution in [3.63, 3.8) is 0 Å². The Kier molecular flexibility index (Phi) is 3.09. The molecule has 0 aliphatic rings. The average Bonchev–Trinajstić information content (AvgIpc) is 2.53. The molecule has 1 N–H and O–H groups in total. The Morgan fingerprint density at radius 1 is 1.14 bits per heavy atom. The van der Waals surface area contributed by atoms with Gasteiger partial charge in [-0.15, -0.1) is 0 Å². The van der Waals surface area contributed by atoms with Gasteiger partial charge in [-0.05, 0) is 35.0 Å². The molecule has 3 rings (SSSR count). The molecule has 0 radical (unpaired) electrons. The SMILES string of the molecule is N#Cc1cc(-c2cc(C(=O)O)ccn2)c2ccccc2c1. The molecule has 0 amide bonds. The quantitative estimate of drug-likeness (QED) is 0.776. The lowest BCUT2D eigenvalue weighted by Gasteiger charge is -2.08. The van der Waals surface area contributed by atoms with Gasteiger partial charge in [0, 0.05) is 11.8 Å². The summed E-state index contributed by atoms with van der Waals surface area (Å²) in [5.74, 6) is -1.00. The molecule has 3 aromatic rings. The van der Waals surface area contributed by atoms with E-state index in [1.54, 1.807) is 12.1 Å². The number of hydrogen-bond donors (Lipinski definition) is 1. The van der Waals surface area contributed by atoms with Crippen LogP contribution in [0.15, 0.2) is 54.7 Å². The van der Waals surface area contributed by atoms with E-state index in [2.05, 4.69) is 11.1 Å². The van der Waals surface area contributed by atoms with Gasteiger partial charge >= 0.3 is 5.97 Å². The van der Waals surface area contributed by atoms with Gasteiger partial charge in [0.05, 0.1) is 22.9 Å². The molecule has 100 valence electrons. The van der Waals surface area contributed by atoms with Gasteiger partial charge in [0.2, 0.25) is 0 Å². The molecule has 0 saturated heterocycles. The van der Waals surface area contributed by atoms with E-state index in [-0.39, 0.29) is 5.56 Å². The summed E-state index contributed by atoms with van der Waals surface area (Å²) < 4.78 is 0. The highest BCUT2D eigenvalue weighted by atomic mass is 16.4. The molecule has 0 fully saturated rings. The molecule has 0 saturated carbocycles. The lowest BCUT2D eigenvalue weighted by molar-refractivity contribution is 0.0697. The predicted octanol–water partition coefficient (Wildman–Crippen LogP) is 3.47. The molecule has 0 unspecified atom stereocenters. The van der Waals surface area contributed by atoms with Gasteiger partial charge in [-0.2, -0.15) is 5.26 Å². The maximum Gasteiger partial charge on any atom is 0.335 e. The van der Waals surface area contributed by atoms with Crippen LogP contribution in [-0.2, 0) is 0 Å². The molecule has 0 atom stereocenters. The predicted molar refractivity (Wildman–Crippen MR) is 78.9 cm³/mol. The number of aromatic nitrogens is 1. The van der Waals surface area contributed by atoms with Crippen LogP contribution in [-0.4, -0.2) is 16.1 Å². The van der Waals surface area contributed by atoms with Gasteiger partial charge in [0.1, 0.15) is 0 Å². The number of carbonyl (C=O) groups is 1. The van der Waals surface area contributed by atoms with Crippen molar-refractivity contribution in [2.24, 2.45) is 0 Å². The largest absolute Gasteiger partial charge is 0.478 e. The van der Waals surface area contributed by atoms with E-state index in [4.69, 9.17) is 10.4 Å². The first-order chi connectivity index (χ1) is 10.2.